The van der Waals surface area contributed by atoms with E-state index in [0.717, 1.165) is 44.4 Å². The average molecular weight is 398 g/mol. The molecule has 0 amide bonds. The van der Waals surface area contributed by atoms with Gasteiger partial charge in [0, 0.05) is 49.5 Å². The fourth-order valence-electron chi connectivity index (χ4n) is 3.79. The number of aromatic nitrogens is 1. The van der Waals surface area contributed by atoms with Crippen LogP contribution in [0.5, 0.6) is 0 Å². The van der Waals surface area contributed by atoms with Crippen molar-refractivity contribution >= 4 is 28.5 Å². The van der Waals surface area contributed by atoms with Crippen molar-refractivity contribution in [3.8, 4) is 0 Å². The molecule has 2 N–H and O–H groups in total. The van der Waals surface area contributed by atoms with E-state index in [9.17, 15) is 13.2 Å². The molecule has 27 heavy (non-hydrogen) atoms. The van der Waals surface area contributed by atoms with Gasteiger partial charge in [0.15, 0.2) is 0 Å². The first-order chi connectivity index (χ1) is 12.9. The zero-order valence-electron chi connectivity index (χ0n) is 15.5. The van der Waals surface area contributed by atoms with Crippen molar-refractivity contribution in [2.24, 2.45) is 5.92 Å². The summed E-state index contributed by atoms with van der Waals surface area (Å²) in [5.74, 6) is 0.457. The average Bonchev–Trinajstić information content (AvgIpc) is 2.63. The Morgan fingerprint density at radius 2 is 2.04 bits per heavy atom. The predicted octanol–water partition coefficient (Wildman–Crippen LogP) is 3.93. The molecular weight excluding hydrogens is 373 g/mol. The molecule has 1 saturated heterocycles. The van der Waals surface area contributed by atoms with Crippen molar-refractivity contribution in [1.82, 2.24) is 15.0 Å². The molecule has 0 radical (unpaired) electrons. The molecule has 2 atom stereocenters. The van der Waals surface area contributed by atoms with Gasteiger partial charge < -0.3 is 10.2 Å². The number of hydrogen-bond acceptors (Lipinski definition) is 5. The van der Waals surface area contributed by atoms with Gasteiger partial charge in [-0.25, -0.2) is 0 Å². The molecule has 0 spiro atoms. The van der Waals surface area contributed by atoms with E-state index in [1.165, 1.54) is 6.20 Å². The first-order valence-corrected chi connectivity index (χ1v) is 10.3. The van der Waals surface area contributed by atoms with E-state index in [1.54, 1.807) is 30.1 Å². The van der Waals surface area contributed by atoms with E-state index in [4.69, 9.17) is 0 Å². The monoisotopic (exact) mass is 398 g/mol. The molecule has 8 heteroatoms. The Morgan fingerprint density at radius 1 is 1.22 bits per heavy atom. The first kappa shape index (κ1) is 20.2. The molecule has 1 fully saturated rings. The summed E-state index contributed by atoms with van der Waals surface area (Å²) >= 11 is 1.59. The molecule has 1 aromatic carbocycles. The highest BCUT2D eigenvalue weighted by molar-refractivity contribution is 7.96. The minimum Gasteiger partial charge on any atom is -0.369 e. The van der Waals surface area contributed by atoms with Crippen LogP contribution >= 0.6 is 11.9 Å². The number of pyridine rings is 1. The summed E-state index contributed by atoms with van der Waals surface area (Å²) in [4.78, 5) is 6.23. The standard InChI is InChI=1S/C19H25F3N4S/c1-13-10-14(23-8-9-25-27-2)12-26(11-13)17-6-5-16(19(20,21)22)18-15(17)4-3-7-24-18/h3-7,13-14,23,25H,8-12H2,1-2H3. The van der Waals surface area contributed by atoms with E-state index in [0.29, 0.717) is 17.3 Å². The van der Waals surface area contributed by atoms with E-state index >= 15 is 0 Å². The Morgan fingerprint density at radius 3 is 2.78 bits per heavy atom. The Balaban J connectivity index is 1.86. The van der Waals surface area contributed by atoms with E-state index in [2.05, 4.69) is 26.8 Å². The van der Waals surface area contributed by atoms with Gasteiger partial charge in [0.25, 0.3) is 0 Å². The number of piperidine rings is 1. The second-order valence-electron chi connectivity index (χ2n) is 7.02. The summed E-state index contributed by atoms with van der Waals surface area (Å²) in [6, 6.07) is 6.50. The Kier molecular flexibility index (Phi) is 6.49. The lowest BCUT2D eigenvalue weighted by Crippen LogP contribution is -2.49. The first-order valence-electron chi connectivity index (χ1n) is 9.09. The largest absolute Gasteiger partial charge is 0.418 e. The summed E-state index contributed by atoms with van der Waals surface area (Å²) in [5, 5.41) is 4.12. The molecule has 1 aliphatic rings. The van der Waals surface area contributed by atoms with Crippen LogP contribution in [-0.2, 0) is 6.18 Å². The quantitative estimate of drug-likeness (QED) is 0.570. The normalized spacial score (nSPS) is 21.0. The van der Waals surface area contributed by atoms with Gasteiger partial charge >= 0.3 is 6.18 Å². The highest BCUT2D eigenvalue weighted by Gasteiger charge is 2.34. The van der Waals surface area contributed by atoms with Crippen LogP contribution in [0.2, 0.25) is 0 Å². The number of rotatable bonds is 6. The van der Waals surface area contributed by atoms with Gasteiger partial charge in [-0.05, 0) is 42.9 Å². The van der Waals surface area contributed by atoms with Gasteiger partial charge in [0.05, 0.1) is 11.1 Å². The minimum absolute atomic E-state index is 0.0226. The van der Waals surface area contributed by atoms with Crippen LogP contribution < -0.4 is 14.9 Å². The van der Waals surface area contributed by atoms with E-state index in [1.807, 2.05) is 6.26 Å². The minimum atomic E-state index is -4.41. The summed E-state index contributed by atoms with van der Waals surface area (Å²) in [7, 11) is 0. The molecule has 0 aliphatic carbocycles. The summed E-state index contributed by atoms with van der Waals surface area (Å²) in [6.07, 6.45) is 0.0682. The van der Waals surface area contributed by atoms with Crippen LogP contribution in [0.4, 0.5) is 18.9 Å². The van der Waals surface area contributed by atoms with Gasteiger partial charge in [-0.1, -0.05) is 18.9 Å². The van der Waals surface area contributed by atoms with E-state index in [-0.39, 0.29) is 5.52 Å². The lowest BCUT2D eigenvalue weighted by molar-refractivity contribution is -0.136. The van der Waals surface area contributed by atoms with Crippen LogP contribution in [-0.4, -0.2) is 43.5 Å². The zero-order valence-corrected chi connectivity index (χ0v) is 16.3. The van der Waals surface area contributed by atoms with Crippen molar-refractivity contribution in [2.75, 3.05) is 37.3 Å². The Labute approximate surface area is 162 Å². The molecule has 2 unspecified atom stereocenters. The Bertz CT molecular complexity index is 768. The maximum atomic E-state index is 13.3. The van der Waals surface area contributed by atoms with Crippen LogP contribution in [0.1, 0.15) is 18.9 Å². The lowest BCUT2D eigenvalue weighted by Gasteiger charge is -2.39. The number of nitrogens with zero attached hydrogens (tertiary/aromatic N) is 2. The number of alkyl halides is 3. The lowest BCUT2D eigenvalue weighted by atomic mass is 9.94. The predicted molar refractivity (Wildman–Crippen MR) is 106 cm³/mol. The van der Waals surface area contributed by atoms with Crippen molar-refractivity contribution in [3.05, 3.63) is 36.0 Å². The number of fused-ring (bicyclic) bond motifs is 1. The smallest absolute Gasteiger partial charge is 0.369 e. The third kappa shape index (κ3) is 4.86. The van der Waals surface area contributed by atoms with Crippen molar-refractivity contribution < 1.29 is 13.2 Å². The van der Waals surface area contributed by atoms with Crippen molar-refractivity contribution in [2.45, 2.75) is 25.6 Å². The van der Waals surface area contributed by atoms with Gasteiger partial charge in [-0.15, -0.1) is 0 Å². The molecule has 1 aromatic heterocycles. The summed E-state index contributed by atoms with van der Waals surface area (Å²) in [6.45, 7) is 5.53. The van der Waals surface area contributed by atoms with Gasteiger partial charge in [-0.2, -0.15) is 13.2 Å². The van der Waals surface area contributed by atoms with Gasteiger partial charge in [0.2, 0.25) is 0 Å². The molecule has 2 heterocycles. The highest BCUT2D eigenvalue weighted by atomic mass is 32.2. The maximum absolute atomic E-state index is 13.3. The maximum Gasteiger partial charge on any atom is 0.418 e. The van der Waals surface area contributed by atoms with Gasteiger partial charge in [0.1, 0.15) is 0 Å². The second kappa shape index (κ2) is 8.67. The van der Waals surface area contributed by atoms with Gasteiger partial charge in [-0.3, -0.25) is 9.71 Å². The number of anilines is 1. The summed E-state index contributed by atoms with van der Waals surface area (Å²) < 4.78 is 43.3. The molecule has 0 saturated carbocycles. The van der Waals surface area contributed by atoms with Crippen molar-refractivity contribution in [3.63, 3.8) is 0 Å². The fraction of sp³-hybridized carbons (Fsp3) is 0.526. The zero-order chi connectivity index (χ0) is 19.4. The van der Waals surface area contributed by atoms with Crippen LogP contribution in [0, 0.1) is 5.92 Å². The number of halogens is 3. The topological polar surface area (TPSA) is 40.2 Å². The summed E-state index contributed by atoms with van der Waals surface area (Å²) in [5.41, 5.74) is 0.172. The second-order valence-corrected chi connectivity index (χ2v) is 7.72. The highest BCUT2D eigenvalue weighted by Crippen LogP contribution is 2.38. The van der Waals surface area contributed by atoms with Crippen LogP contribution in [0.3, 0.4) is 0 Å². The molecule has 1 aliphatic heterocycles. The molecule has 2 aromatic rings. The number of hydrogen-bond donors (Lipinski definition) is 2. The number of benzene rings is 1. The Hall–Kier alpha value is -1.51. The molecule has 4 nitrogen and oxygen atoms in total. The van der Waals surface area contributed by atoms with Crippen LogP contribution in [0.25, 0.3) is 10.9 Å². The fourth-order valence-corrected chi connectivity index (χ4v) is 4.09. The van der Waals surface area contributed by atoms with Crippen LogP contribution in [0.15, 0.2) is 30.5 Å². The third-order valence-electron chi connectivity index (χ3n) is 4.86. The molecular formula is C19H25F3N4S. The SMILES string of the molecule is CSNCCNC1CC(C)CN(c2ccc(C(F)(F)F)c3ncccc23)C1. The molecule has 148 valence electrons. The molecule has 3 rings (SSSR count). The number of nitrogens with one attached hydrogen (secondary N) is 2. The third-order valence-corrected chi connectivity index (χ3v) is 5.35. The van der Waals surface area contributed by atoms with Crippen molar-refractivity contribution in [1.29, 1.82) is 0 Å². The van der Waals surface area contributed by atoms with E-state index < -0.39 is 11.7 Å². The molecule has 0 bridgehead atoms.